The van der Waals surface area contributed by atoms with Gasteiger partial charge < -0.3 is 9.47 Å². The average molecular weight is 388 g/mol. The largest absolute Gasteiger partial charge is 0.497 e. The Bertz CT molecular complexity index is 1080. The maximum absolute atomic E-state index is 12.7. The van der Waals surface area contributed by atoms with Crippen molar-refractivity contribution in [1.82, 2.24) is 5.01 Å². The normalized spacial score (nSPS) is 18.0. The van der Waals surface area contributed by atoms with Crippen LogP contribution in [-0.4, -0.2) is 42.5 Å². The maximum Gasteiger partial charge on any atom is 0.317 e. The second-order valence-electron chi connectivity index (χ2n) is 7.21. The van der Waals surface area contributed by atoms with E-state index in [1.54, 1.807) is 12.1 Å². The molecule has 146 valence electrons. The Balaban J connectivity index is 1.63. The molecule has 0 radical (unpaired) electrons. The smallest absolute Gasteiger partial charge is 0.317 e. The van der Waals surface area contributed by atoms with Crippen molar-refractivity contribution in [3.05, 3.63) is 81.8 Å². The number of methoxy groups -OCH3 is 1. The highest BCUT2D eigenvalue weighted by Crippen LogP contribution is 2.36. The highest BCUT2D eigenvalue weighted by atomic mass is 16.5. The van der Waals surface area contributed by atoms with E-state index in [2.05, 4.69) is 23.2 Å². The number of benzene rings is 2. The average Bonchev–Trinajstić information content (AvgIpc) is 3.24. The number of hydrogen-bond acceptors (Lipinski definition) is 4. The van der Waals surface area contributed by atoms with Crippen LogP contribution in [0.1, 0.15) is 28.7 Å². The Labute approximate surface area is 169 Å². The van der Waals surface area contributed by atoms with Gasteiger partial charge in [-0.25, -0.2) is 4.99 Å². The van der Waals surface area contributed by atoms with Gasteiger partial charge in [-0.05, 0) is 36.3 Å². The summed E-state index contributed by atoms with van der Waals surface area (Å²) in [5.74, 6) is 1.71. The third-order valence-corrected chi connectivity index (χ3v) is 5.54. The number of nitrogens with zero attached hydrogens (tertiary/aromatic N) is 3. The first-order valence-electron chi connectivity index (χ1n) is 9.83. The van der Waals surface area contributed by atoms with Crippen LogP contribution in [-0.2, 0) is 11.2 Å². The van der Waals surface area contributed by atoms with Crippen molar-refractivity contribution >= 4 is 17.2 Å². The van der Waals surface area contributed by atoms with Crippen LogP contribution in [0.15, 0.2) is 59.6 Å². The molecule has 0 N–H and O–H groups in total. The van der Waals surface area contributed by atoms with Gasteiger partial charge in [0.15, 0.2) is 0 Å². The van der Waals surface area contributed by atoms with Crippen molar-refractivity contribution in [2.45, 2.75) is 12.8 Å². The number of allylic oxidation sites excluding steroid dienone is 1. The Morgan fingerprint density at radius 1 is 1.17 bits per heavy atom. The summed E-state index contributed by atoms with van der Waals surface area (Å²) in [6.45, 7) is 1.41. The van der Waals surface area contributed by atoms with Gasteiger partial charge >= 0.3 is 6.67 Å². The van der Waals surface area contributed by atoms with Gasteiger partial charge in [-0.2, -0.15) is 0 Å². The predicted octanol–water partition coefficient (Wildman–Crippen LogP) is 3.81. The number of hydrazine groups is 1. The quantitative estimate of drug-likeness (QED) is 0.751. The SMILES string of the molecule is COc1cccc(C2=NC[N+](=O)N3CCc4c(C5=CCCO5)cccc4C3=C2)c1. The molecule has 0 unspecified atom stereocenters. The van der Waals surface area contributed by atoms with Crippen molar-refractivity contribution < 1.29 is 14.3 Å². The molecule has 0 spiro atoms. The molecule has 2 aromatic rings. The zero-order valence-electron chi connectivity index (χ0n) is 16.3. The highest BCUT2D eigenvalue weighted by Gasteiger charge is 2.35. The summed E-state index contributed by atoms with van der Waals surface area (Å²) in [4.78, 5) is 18.2. The lowest BCUT2D eigenvalue weighted by atomic mass is 9.91. The fourth-order valence-electron chi connectivity index (χ4n) is 4.14. The van der Waals surface area contributed by atoms with Crippen molar-refractivity contribution in [2.75, 3.05) is 26.9 Å². The molecule has 0 saturated carbocycles. The maximum atomic E-state index is 12.7. The Hall–Kier alpha value is -3.41. The summed E-state index contributed by atoms with van der Waals surface area (Å²) in [5.41, 5.74) is 5.99. The Morgan fingerprint density at radius 3 is 2.86 bits per heavy atom. The summed E-state index contributed by atoms with van der Waals surface area (Å²) in [6, 6.07) is 14.0. The number of fused-ring (bicyclic) bond motifs is 3. The molecule has 0 amide bonds. The van der Waals surface area contributed by atoms with Gasteiger partial charge in [0, 0.05) is 23.1 Å². The molecule has 0 fully saturated rings. The summed E-state index contributed by atoms with van der Waals surface area (Å²) < 4.78 is 11.2. The molecule has 3 heterocycles. The van der Waals surface area contributed by atoms with E-state index in [0.717, 1.165) is 63.9 Å². The van der Waals surface area contributed by atoms with E-state index < -0.39 is 0 Å². The number of hydrogen-bond donors (Lipinski definition) is 0. The minimum atomic E-state index is 0.0653. The van der Waals surface area contributed by atoms with Crippen LogP contribution in [0.3, 0.4) is 0 Å². The van der Waals surface area contributed by atoms with E-state index >= 15 is 0 Å². The topological polar surface area (TPSA) is 54.1 Å². The minimum absolute atomic E-state index is 0.0653. The van der Waals surface area contributed by atoms with Crippen LogP contribution in [0.25, 0.3) is 11.5 Å². The van der Waals surface area contributed by atoms with Crippen molar-refractivity contribution in [2.24, 2.45) is 4.99 Å². The second kappa shape index (κ2) is 7.20. The molecule has 0 aliphatic carbocycles. The Kier molecular flexibility index (Phi) is 4.39. The molecular formula is C23H22N3O3+. The molecule has 6 heteroatoms. The van der Waals surface area contributed by atoms with Crippen LogP contribution in [0.2, 0.25) is 0 Å². The van der Waals surface area contributed by atoms with E-state index in [1.165, 1.54) is 5.56 Å². The molecule has 5 rings (SSSR count). The number of aliphatic imine (C=N–C) groups is 1. The van der Waals surface area contributed by atoms with E-state index in [4.69, 9.17) is 9.47 Å². The van der Waals surface area contributed by atoms with E-state index in [-0.39, 0.29) is 6.67 Å². The molecule has 3 aliphatic rings. The fourth-order valence-corrected chi connectivity index (χ4v) is 4.14. The third-order valence-electron chi connectivity index (χ3n) is 5.54. The first kappa shape index (κ1) is 17.7. The molecule has 3 aliphatic heterocycles. The molecule has 0 saturated heterocycles. The molecule has 6 nitrogen and oxygen atoms in total. The van der Waals surface area contributed by atoms with E-state index in [9.17, 15) is 4.91 Å². The van der Waals surface area contributed by atoms with Crippen molar-refractivity contribution in [3.63, 3.8) is 0 Å². The van der Waals surface area contributed by atoms with Gasteiger partial charge in [0.2, 0.25) is 0 Å². The second-order valence-corrected chi connectivity index (χ2v) is 7.21. The minimum Gasteiger partial charge on any atom is -0.497 e. The van der Waals surface area contributed by atoms with Gasteiger partial charge in [0.1, 0.15) is 22.1 Å². The van der Waals surface area contributed by atoms with Gasteiger partial charge in [0.25, 0.3) is 0 Å². The fraction of sp³-hybridized carbons (Fsp3) is 0.261. The molecule has 0 aromatic heterocycles. The molecule has 0 atom stereocenters. The zero-order chi connectivity index (χ0) is 19.8. The summed E-state index contributed by atoms with van der Waals surface area (Å²) in [7, 11) is 1.65. The van der Waals surface area contributed by atoms with Gasteiger partial charge in [-0.15, -0.1) is 5.01 Å². The van der Waals surface area contributed by atoms with Crippen LogP contribution in [0.5, 0.6) is 5.75 Å². The number of rotatable bonds is 3. The zero-order valence-corrected chi connectivity index (χ0v) is 16.3. The predicted molar refractivity (Wildman–Crippen MR) is 111 cm³/mol. The van der Waals surface area contributed by atoms with Crippen LogP contribution in [0, 0.1) is 4.91 Å². The van der Waals surface area contributed by atoms with E-state index in [0.29, 0.717) is 6.54 Å². The lowest BCUT2D eigenvalue weighted by Gasteiger charge is -2.26. The standard InChI is InChI=1S/C23H22N3O3/c1-28-17-6-2-5-16(13-17)21-14-22-19-7-3-8-20(23-9-4-12-29-23)18(19)10-11-25(22)26(27)15-24-21/h2-3,5-9,13-14H,4,10-12,15H2,1H3/q+1. The van der Waals surface area contributed by atoms with E-state index in [1.807, 2.05) is 36.4 Å². The summed E-state index contributed by atoms with van der Waals surface area (Å²) in [5, 5.41) is 1.78. The molecular weight excluding hydrogens is 366 g/mol. The monoisotopic (exact) mass is 388 g/mol. The summed E-state index contributed by atoms with van der Waals surface area (Å²) in [6.07, 6.45) is 5.89. The first-order chi connectivity index (χ1) is 14.2. The van der Waals surface area contributed by atoms with Crippen LogP contribution < -0.4 is 4.74 Å². The summed E-state index contributed by atoms with van der Waals surface area (Å²) >= 11 is 0. The Morgan fingerprint density at radius 2 is 2.03 bits per heavy atom. The van der Waals surface area contributed by atoms with Gasteiger partial charge in [0.05, 0.1) is 30.9 Å². The lowest BCUT2D eigenvalue weighted by molar-refractivity contribution is -0.687. The third kappa shape index (κ3) is 3.10. The van der Waals surface area contributed by atoms with Crippen molar-refractivity contribution in [3.8, 4) is 5.75 Å². The molecule has 0 bridgehead atoms. The van der Waals surface area contributed by atoms with Gasteiger partial charge in [-0.1, -0.05) is 30.3 Å². The van der Waals surface area contributed by atoms with Crippen LogP contribution in [0.4, 0.5) is 0 Å². The first-order valence-corrected chi connectivity index (χ1v) is 9.83. The highest BCUT2D eigenvalue weighted by molar-refractivity contribution is 6.12. The van der Waals surface area contributed by atoms with Gasteiger partial charge in [-0.3, -0.25) is 0 Å². The van der Waals surface area contributed by atoms with Crippen LogP contribution >= 0.6 is 0 Å². The number of nitroso groups, excluding NO2 is 1. The molecule has 29 heavy (non-hydrogen) atoms. The number of ether oxygens (including phenoxy) is 2. The lowest BCUT2D eigenvalue weighted by Crippen LogP contribution is -2.37. The van der Waals surface area contributed by atoms with Crippen molar-refractivity contribution in [1.29, 1.82) is 0 Å². The molecule has 2 aromatic carbocycles.